The molecule has 0 saturated heterocycles. The maximum atomic E-state index is 12.7. The minimum absolute atomic E-state index is 0.108. The molecule has 1 aliphatic carbocycles. The van der Waals surface area contributed by atoms with E-state index >= 15 is 0 Å². The van der Waals surface area contributed by atoms with Crippen molar-refractivity contribution in [1.29, 1.82) is 0 Å². The molecule has 0 aliphatic heterocycles. The molecule has 0 N–H and O–H groups in total. The summed E-state index contributed by atoms with van der Waals surface area (Å²) >= 11 is 0. The summed E-state index contributed by atoms with van der Waals surface area (Å²) in [6.45, 7) is 0. The summed E-state index contributed by atoms with van der Waals surface area (Å²) in [5.41, 5.74) is 3.53. The second-order valence-corrected chi connectivity index (χ2v) is 6.98. The van der Waals surface area contributed by atoms with Gasteiger partial charge in [0.05, 0.1) is 6.04 Å². The SMILES string of the molecule is CN(C(=O)CCc1nnc(-c2ccccc2)o1)[C@@H]1CCCc2ccccc21. The molecule has 5 heteroatoms. The van der Waals surface area contributed by atoms with Crippen LogP contribution in [0.2, 0.25) is 0 Å². The molecular formula is C22H23N3O2. The number of aryl methyl sites for hydroxylation is 2. The highest BCUT2D eigenvalue weighted by atomic mass is 16.4. The van der Waals surface area contributed by atoms with Crippen molar-refractivity contribution in [3.05, 3.63) is 71.6 Å². The first-order valence-electron chi connectivity index (χ1n) is 9.43. The monoisotopic (exact) mass is 361 g/mol. The van der Waals surface area contributed by atoms with Gasteiger partial charge in [-0.15, -0.1) is 10.2 Å². The van der Waals surface area contributed by atoms with Gasteiger partial charge in [0.15, 0.2) is 0 Å². The number of carbonyl (C=O) groups excluding carboxylic acids is 1. The first-order chi connectivity index (χ1) is 13.2. The molecule has 138 valence electrons. The summed E-state index contributed by atoms with van der Waals surface area (Å²) in [5, 5.41) is 8.17. The Hall–Kier alpha value is -2.95. The third kappa shape index (κ3) is 3.77. The molecule has 0 unspecified atom stereocenters. The van der Waals surface area contributed by atoms with Crippen LogP contribution in [0.5, 0.6) is 0 Å². The summed E-state index contributed by atoms with van der Waals surface area (Å²) < 4.78 is 5.71. The molecule has 0 bridgehead atoms. The molecule has 0 spiro atoms. The highest BCUT2D eigenvalue weighted by molar-refractivity contribution is 5.76. The summed E-state index contributed by atoms with van der Waals surface area (Å²) in [7, 11) is 1.90. The maximum absolute atomic E-state index is 12.7. The normalized spacial score (nSPS) is 16.0. The van der Waals surface area contributed by atoms with Gasteiger partial charge in [-0.1, -0.05) is 42.5 Å². The van der Waals surface area contributed by atoms with Gasteiger partial charge < -0.3 is 9.32 Å². The van der Waals surface area contributed by atoms with Crippen LogP contribution in [-0.4, -0.2) is 28.1 Å². The molecule has 1 amide bonds. The molecule has 1 atom stereocenters. The van der Waals surface area contributed by atoms with Gasteiger partial charge >= 0.3 is 0 Å². The minimum atomic E-state index is 0.108. The van der Waals surface area contributed by atoms with Crippen molar-refractivity contribution < 1.29 is 9.21 Å². The van der Waals surface area contributed by atoms with Crippen molar-refractivity contribution in [1.82, 2.24) is 15.1 Å². The smallest absolute Gasteiger partial charge is 0.247 e. The molecule has 27 heavy (non-hydrogen) atoms. The molecule has 2 aromatic carbocycles. The lowest BCUT2D eigenvalue weighted by Crippen LogP contribution is -2.33. The second-order valence-electron chi connectivity index (χ2n) is 6.98. The molecule has 5 nitrogen and oxygen atoms in total. The fourth-order valence-corrected chi connectivity index (χ4v) is 3.75. The lowest BCUT2D eigenvalue weighted by Gasteiger charge is -2.33. The van der Waals surface area contributed by atoms with E-state index < -0.39 is 0 Å². The van der Waals surface area contributed by atoms with Crippen molar-refractivity contribution in [3.8, 4) is 11.5 Å². The van der Waals surface area contributed by atoms with E-state index in [4.69, 9.17) is 4.42 Å². The van der Waals surface area contributed by atoms with Crippen LogP contribution in [0.15, 0.2) is 59.0 Å². The lowest BCUT2D eigenvalue weighted by atomic mass is 9.87. The van der Waals surface area contributed by atoms with E-state index in [-0.39, 0.29) is 11.9 Å². The number of amides is 1. The van der Waals surface area contributed by atoms with Gasteiger partial charge in [0, 0.05) is 25.5 Å². The summed E-state index contributed by atoms with van der Waals surface area (Å²) in [6, 6.07) is 18.3. The van der Waals surface area contributed by atoms with Crippen LogP contribution >= 0.6 is 0 Å². The van der Waals surface area contributed by atoms with Gasteiger partial charge in [0.2, 0.25) is 17.7 Å². The van der Waals surface area contributed by atoms with Crippen LogP contribution in [0.25, 0.3) is 11.5 Å². The molecule has 0 radical (unpaired) electrons. The molecule has 4 rings (SSSR count). The average Bonchev–Trinajstić information content (AvgIpc) is 3.21. The number of carbonyl (C=O) groups is 1. The number of aromatic nitrogens is 2. The van der Waals surface area contributed by atoms with Crippen LogP contribution < -0.4 is 0 Å². The van der Waals surface area contributed by atoms with Gasteiger partial charge in [-0.05, 0) is 42.5 Å². The molecule has 3 aromatic rings. The molecule has 0 saturated carbocycles. The largest absolute Gasteiger partial charge is 0.421 e. The van der Waals surface area contributed by atoms with E-state index in [1.807, 2.05) is 42.3 Å². The second kappa shape index (κ2) is 7.74. The van der Waals surface area contributed by atoms with Gasteiger partial charge in [0.1, 0.15) is 0 Å². The van der Waals surface area contributed by atoms with E-state index in [1.54, 1.807) is 0 Å². The van der Waals surface area contributed by atoms with Crippen LogP contribution in [0.1, 0.15) is 42.3 Å². The Morgan fingerprint density at radius 1 is 1.11 bits per heavy atom. The highest BCUT2D eigenvalue weighted by Crippen LogP contribution is 2.33. The quantitative estimate of drug-likeness (QED) is 0.683. The van der Waals surface area contributed by atoms with E-state index in [9.17, 15) is 4.79 Å². The van der Waals surface area contributed by atoms with Crippen LogP contribution in [0.3, 0.4) is 0 Å². The fraction of sp³-hybridized carbons (Fsp3) is 0.318. The van der Waals surface area contributed by atoms with Crippen molar-refractivity contribution >= 4 is 5.91 Å². The summed E-state index contributed by atoms with van der Waals surface area (Å²) in [5.74, 6) is 1.10. The lowest BCUT2D eigenvalue weighted by molar-refractivity contribution is -0.132. The van der Waals surface area contributed by atoms with Crippen molar-refractivity contribution in [2.75, 3.05) is 7.05 Å². The zero-order valence-corrected chi connectivity index (χ0v) is 15.5. The number of benzene rings is 2. The van der Waals surface area contributed by atoms with Crippen LogP contribution in [0.4, 0.5) is 0 Å². The third-order valence-corrected chi connectivity index (χ3v) is 5.24. The molecule has 1 aromatic heterocycles. The number of nitrogens with zero attached hydrogens (tertiary/aromatic N) is 3. The van der Waals surface area contributed by atoms with Gasteiger partial charge in [0.25, 0.3) is 0 Å². The van der Waals surface area contributed by atoms with Crippen molar-refractivity contribution in [2.45, 2.75) is 38.1 Å². The number of hydrogen-bond donors (Lipinski definition) is 0. The predicted octanol–water partition coefficient (Wildman–Crippen LogP) is 4.21. The Balaban J connectivity index is 1.39. The molecule has 0 fully saturated rings. The maximum Gasteiger partial charge on any atom is 0.247 e. The zero-order chi connectivity index (χ0) is 18.6. The number of hydrogen-bond acceptors (Lipinski definition) is 4. The molecular weight excluding hydrogens is 338 g/mol. The van der Waals surface area contributed by atoms with Crippen molar-refractivity contribution in [3.63, 3.8) is 0 Å². The van der Waals surface area contributed by atoms with Crippen LogP contribution in [-0.2, 0) is 17.6 Å². The topological polar surface area (TPSA) is 59.2 Å². The Labute approximate surface area is 159 Å². The summed E-state index contributed by atoms with van der Waals surface area (Å²) in [6.07, 6.45) is 4.04. The predicted molar refractivity (Wildman–Crippen MR) is 103 cm³/mol. The van der Waals surface area contributed by atoms with E-state index in [0.29, 0.717) is 24.6 Å². The number of rotatable bonds is 5. The fourth-order valence-electron chi connectivity index (χ4n) is 3.75. The van der Waals surface area contributed by atoms with Crippen molar-refractivity contribution in [2.24, 2.45) is 0 Å². The standard InChI is InChI=1S/C22H23N3O2/c1-25(19-13-7-11-16-8-5-6-12-18(16)19)21(26)15-14-20-23-24-22(27-20)17-9-3-2-4-10-17/h2-6,8-10,12,19H,7,11,13-15H2,1H3/t19-/m1/s1. The van der Waals surface area contributed by atoms with Crippen LogP contribution in [0, 0.1) is 0 Å². The number of fused-ring (bicyclic) bond motifs is 1. The summed E-state index contributed by atoms with van der Waals surface area (Å²) in [4.78, 5) is 14.6. The van der Waals surface area contributed by atoms with Gasteiger partial charge in [-0.2, -0.15) is 0 Å². The Bertz CT molecular complexity index is 920. The molecule has 1 heterocycles. The van der Waals surface area contributed by atoms with Gasteiger partial charge in [-0.25, -0.2) is 0 Å². The third-order valence-electron chi connectivity index (χ3n) is 5.24. The van der Waals surface area contributed by atoms with E-state index in [0.717, 1.165) is 24.8 Å². The van der Waals surface area contributed by atoms with E-state index in [1.165, 1.54) is 11.1 Å². The van der Waals surface area contributed by atoms with Gasteiger partial charge in [-0.3, -0.25) is 4.79 Å². The Morgan fingerprint density at radius 2 is 1.89 bits per heavy atom. The first kappa shape index (κ1) is 17.5. The first-order valence-corrected chi connectivity index (χ1v) is 9.43. The van der Waals surface area contributed by atoms with E-state index in [2.05, 4.69) is 34.5 Å². The highest BCUT2D eigenvalue weighted by Gasteiger charge is 2.26. The minimum Gasteiger partial charge on any atom is -0.421 e. The average molecular weight is 361 g/mol. The zero-order valence-electron chi connectivity index (χ0n) is 15.5. The Kier molecular flexibility index (Phi) is 5.01. The molecule has 1 aliphatic rings. The Morgan fingerprint density at radius 3 is 2.74 bits per heavy atom.